The molecule has 0 aliphatic rings. The Morgan fingerprint density at radius 1 is 0.800 bits per heavy atom. The van der Waals surface area contributed by atoms with Crippen LogP contribution in [0.2, 0.25) is 0 Å². The van der Waals surface area contributed by atoms with E-state index in [1.54, 1.807) is 0 Å². The Balaban J connectivity index is 6.16. The van der Waals surface area contributed by atoms with Crippen LogP contribution in [0.15, 0.2) is 4.74 Å². The molecule has 0 heterocycles. The maximum absolute atomic E-state index is 10.8. The summed E-state index contributed by atoms with van der Waals surface area (Å²) in [5, 5.41) is 0. The van der Waals surface area contributed by atoms with Gasteiger partial charge in [-0.2, -0.15) is 0 Å². The molecular formula is C2H24NOP21. The van der Waals surface area contributed by atoms with Gasteiger partial charge in [0.25, 0.3) is 0 Å². The van der Waals surface area contributed by atoms with Crippen LogP contribution in [0.1, 0.15) is 0 Å². The van der Waals surface area contributed by atoms with Crippen LogP contribution in [0.4, 0.5) is 0 Å². The average Bonchev–Trinajstić information content (AvgIpc) is 2.49. The van der Waals surface area contributed by atoms with Crippen molar-refractivity contribution in [2.24, 2.45) is 4.74 Å². The maximum Gasteiger partial charge on any atom is 0.141 e. The van der Waals surface area contributed by atoms with Crippen LogP contribution < -0.4 is 0 Å². The van der Waals surface area contributed by atoms with Gasteiger partial charge in [-0.15, -0.1) is 89.3 Å². The first-order valence-corrected chi connectivity index (χ1v) is 43.3. The Kier molecular flexibility index (Phi) is 26.1. The quantitative estimate of drug-likeness (QED) is 0.145. The lowest BCUT2D eigenvalue weighted by molar-refractivity contribution is -0.106. The highest BCUT2D eigenvalue weighted by Gasteiger charge is 2.42. The third-order valence-electron chi connectivity index (χ3n) is 1.93. The standard InChI is InChI=1S/C2H24NOP21/c4-2-1-3-15-22(23(17(6)7)18(8)9)25(21(14)16-5)24(19(10)11)20(12)13/h2,16H,1,5-14H2. The molecule has 0 fully saturated rings. The normalized spacial score (nSPS) is 17.3. The number of nitrogens with zero attached hydrogens (tertiary/aromatic N) is 1. The number of aldehydes is 1. The summed E-state index contributed by atoms with van der Waals surface area (Å²) in [5.74, 6) is 0. The lowest BCUT2D eigenvalue weighted by atomic mass is 10.8. The summed E-state index contributed by atoms with van der Waals surface area (Å²) in [6, 6.07) is 0. The molecule has 0 rings (SSSR count). The fraction of sp³-hybridized carbons (Fsp3) is 0.500. The van der Waals surface area contributed by atoms with E-state index in [1.165, 1.54) is 8.06 Å². The second-order valence-corrected chi connectivity index (χ2v) is 84.4. The van der Waals surface area contributed by atoms with Crippen LogP contribution in [0.3, 0.4) is 0 Å². The zero-order valence-electron chi connectivity index (χ0n) is 12.9. The van der Waals surface area contributed by atoms with Crippen LogP contribution in [0.25, 0.3) is 0 Å². The average molecular weight is 729 g/mol. The number of rotatable bonds is 12. The lowest BCUT2D eigenvalue weighted by Crippen LogP contribution is -1.72. The molecule has 0 spiro atoms. The molecule has 0 amide bonds. The van der Waals surface area contributed by atoms with Crippen LogP contribution in [0, 0.1) is 0 Å². The van der Waals surface area contributed by atoms with Gasteiger partial charge in [0.2, 0.25) is 0 Å². The van der Waals surface area contributed by atoms with Crippen LogP contribution in [0.5, 0.6) is 0 Å². The predicted octanol–water partition coefficient (Wildman–Crippen LogP) is 12.4. The van der Waals surface area contributed by atoms with Crippen molar-refractivity contribution in [3.05, 3.63) is 0 Å². The maximum atomic E-state index is 10.8. The molecule has 25 heavy (non-hydrogen) atoms. The van der Waals surface area contributed by atoms with E-state index in [4.69, 9.17) is 0 Å². The van der Waals surface area contributed by atoms with E-state index in [0.29, 0.717) is 6.54 Å². The molecule has 0 aliphatic heterocycles. The minimum absolute atomic E-state index is 0.00819. The van der Waals surface area contributed by atoms with Crippen molar-refractivity contribution in [1.82, 2.24) is 0 Å². The van der Waals surface area contributed by atoms with Crippen molar-refractivity contribution in [2.45, 2.75) is 0 Å². The Labute approximate surface area is 189 Å². The Hall–Kier alpha value is 8.37. The summed E-state index contributed by atoms with van der Waals surface area (Å²) in [5.41, 5.74) is 0. The highest BCUT2D eigenvalue weighted by Crippen LogP contribution is 3.29. The monoisotopic (exact) mass is 729 g/mol. The molecule has 0 aliphatic carbocycles. The van der Waals surface area contributed by atoms with E-state index in [-0.39, 0.29) is 62.9 Å². The molecule has 0 aromatic carbocycles. The number of carbonyl (C=O) groups is 1. The van der Waals surface area contributed by atoms with Gasteiger partial charge in [0.15, 0.2) is 0 Å². The molecule has 0 N–H and O–H groups in total. The number of hydrogen-bond acceptors (Lipinski definition) is 2. The second kappa shape index (κ2) is 19.5. The van der Waals surface area contributed by atoms with Crippen molar-refractivity contribution in [1.29, 1.82) is 0 Å². The predicted molar refractivity (Wildman–Crippen MR) is 188 cm³/mol. The fourth-order valence-corrected chi connectivity index (χ4v) is 245. The molecule has 0 aromatic heterocycles. The second-order valence-electron chi connectivity index (χ2n) is 3.65. The zero-order valence-corrected chi connectivity index (χ0v) is 34.4. The van der Waals surface area contributed by atoms with E-state index in [0.717, 1.165) is 14.2 Å². The van der Waals surface area contributed by atoms with Crippen molar-refractivity contribution >= 4 is 174 Å². The van der Waals surface area contributed by atoms with Gasteiger partial charge in [-0.1, -0.05) is 7.96 Å². The molecule has 0 radical (unpaired) electrons. The Bertz CT molecular complexity index is 377. The van der Waals surface area contributed by atoms with Crippen LogP contribution in [-0.4, -0.2) is 12.8 Å². The highest BCUT2D eigenvalue weighted by atomic mass is 33.4. The summed E-state index contributed by atoms with van der Waals surface area (Å²) in [6.45, 7) is -0.371. The van der Waals surface area contributed by atoms with Crippen molar-refractivity contribution < 1.29 is 4.79 Å². The van der Waals surface area contributed by atoms with Gasteiger partial charge < -0.3 is 4.79 Å². The topological polar surface area (TPSA) is 29.4 Å². The molecule has 148 valence electrons. The zero-order chi connectivity index (χ0) is 19.7. The molecule has 0 saturated carbocycles. The van der Waals surface area contributed by atoms with Gasteiger partial charge in [0, 0.05) is 29.0 Å². The molecule has 14 atom stereocenters. The lowest BCUT2D eigenvalue weighted by Gasteiger charge is -2.43. The van der Waals surface area contributed by atoms with Gasteiger partial charge in [0.05, 0.1) is 6.54 Å². The van der Waals surface area contributed by atoms with Crippen molar-refractivity contribution in [2.75, 3.05) is 6.54 Å². The molecule has 0 bridgehead atoms. The third kappa shape index (κ3) is 13.3. The van der Waals surface area contributed by atoms with E-state index in [2.05, 4.69) is 94.0 Å². The molecule has 2 nitrogen and oxygen atoms in total. The van der Waals surface area contributed by atoms with Crippen molar-refractivity contribution in [3.63, 3.8) is 0 Å². The molecular weight excluding hydrogens is 704 g/mol. The SMILES string of the molecule is O=CC/N=P/P(P(P(P)P)P(P)P)P(P(P)PP)P(P(P)P)P(P)P. The first-order valence-electron chi connectivity index (χ1n) is 5.80. The third-order valence-corrected chi connectivity index (χ3v) is 135. The van der Waals surface area contributed by atoms with Crippen molar-refractivity contribution in [3.8, 4) is 0 Å². The van der Waals surface area contributed by atoms with E-state index in [1.807, 2.05) is 0 Å². The minimum Gasteiger partial charge on any atom is -0.301 e. The van der Waals surface area contributed by atoms with Gasteiger partial charge in [0.1, 0.15) is 6.29 Å². The largest absolute Gasteiger partial charge is 0.301 e. The molecule has 0 aromatic rings. The molecule has 14 unspecified atom stereocenters. The van der Waals surface area contributed by atoms with E-state index in [9.17, 15) is 4.79 Å². The number of carbonyl (C=O) groups excluding carboxylic acids is 1. The fourth-order valence-electron chi connectivity index (χ4n) is 1.17. The summed E-state index contributed by atoms with van der Waals surface area (Å²) in [4.78, 5) is 10.8. The van der Waals surface area contributed by atoms with Gasteiger partial charge in [-0.25, -0.2) is 0 Å². The Morgan fingerprint density at radius 3 is 1.56 bits per heavy atom. The summed E-state index contributed by atoms with van der Waals surface area (Å²) in [7, 11) is 33.4. The smallest absolute Gasteiger partial charge is 0.141 e. The first-order chi connectivity index (χ1) is 11.6. The van der Waals surface area contributed by atoms with Crippen LogP contribution in [-0.2, 0) is 4.79 Å². The minimum atomic E-state index is -0.167. The molecule has 0 saturated heterocycles. The summed E-state index contributed by atoms with van der Waals surface area (Å²) >= 11 is 0. The van der Waals surface area contributed by atoms with Gasteiger partial charge in [-0.05, 0) is 41.9 Å². The highest BCUT2D eigenvalue weighted by molar-refractivity contribution is 9.35. The number of hydrogen-bond donors (Lipinski definition) is 0. The summed E-state index contributed by atoms with van der Waals surface area (Å²) < 4.78 is 4.66. The Morgan fingerprint density at radius 2 is 1.24 bits per heavy atom. The van der Waals surface area contributed by atoms with Crippen LogP contribution >= 0.6 is 168 Å². The first kappa shape index (κ1) is 33.4. The van der Waals surface area contributed by atoms with Gasteiger partial charge in [-0.3, -0.25) is 4.74 Å². The molecule has 23 heteroatoms. The van der Waals surface area contributed by atoms with E-state index >= 15 is 0 Å². The van der Waals surface area contributed by atoms with Gasteiger partial charge >= 0.3 is 0 Å². The van der Waals surface area contributed by atoms with E-state index < -0.39 is 0 Å². The summed E-state index contributed by atoms with van der Waals surface area (Å²) in [6.07, 6.45) is 0.944.